The van der Waals surface area contributed by atoms with Crippen molar-refractivity contribution in [1.82, 2.24) is 30.0 Å². The maximum atomic E-state index is 4.20. The largest absolute Gasteiger partial charge is 0.187 e. The van der Waals surface area contributed by atoms with Crippen LogP contribution >= 0.6 is 31.9 Å². The minimum absolute atomic E-state index is 0.881. The lowest BCUT2D eigenvalue weighted by atomic mass is 10.3. The Bertz CT molecular complexity index is 871. The minimum atomic E-state index is 0.881. The molecule has 0 radical (unpaired) electrons. The van der Waals surface area contributed by atoms with Gasteiger partial charge in [-0.05, 0) is 56.1 Å². The van der Waals surface area contributed by atoms with Gasteiger partial charge in [0, 0.05) is 23.0 Å². The van der Waals surface area contributed by atoms with Crippen molar-refractivity contribution in [3.8, 4) is 0 Å². The fourth-order valence-electron chi connectivity index (χ4n) is 2.00. The summed E-state index contributed by atoms with van der Waals surface area (Å²) in [7, 11) is 3.62. The second-order valence-electron chi connectivity index (χ2n) is 4.59. The predicted octanol–water partition coefficient (Wildman–Crippen LogP) is 3.46. The van der Waals surface area contributed by atoms with Crippen LogP contribution in [0.1, 0.15) is 0 Å². The van der Waals surface area contributed by atoms with Gasteiger partial charge in [0.15, 0.2) is 0 Å². The summed E-state index contributed by atoms with van der Waals surface area (Å²) in [5, 5.41) is 16.6. The molecule has 0 unspecified atom stereocenters. The van der Waals surface area contributed by atoms with E-state index in [1.165, 1.54) is 0 Å². The van der Waals surface area contributed by atoms with E-state index in [1.807, 2.05) is 43.4 Å². The first-order valence-electron chi connectivity index (χ1n) is 6.45. The van der Waals surface area contributed by atoms with E-state index in [0.29, 0.717) is 0 Å². The Morgan fingerprint density at radius 2 is 1.09 bits per heavy atom. The molecule has 0 aliphatic carbocycles. The van der Waals surface area contributed by atoms with Gasteiger partial charge in [0.2, 0.25) is 0 Å². The van der Waals surface area contributed by atoms with Crippen molar-refractivity contribution >= 4 is 53.9 Å². The summed E-state index contributed by atoms with van der Waals surface area (Å²) < 4.78 is 1.93. The number of aryl methyl sites for hydroxylation is 2. The summed E-state index contributed by atoms with van der Waals surface area (Å²) in [4.78, 5) is 3.13. The molecule has 0 fully saturated rings. The molecule has 2 aromatic carbocycles. The first-order valence-corrected chi connectivity index (χ1v) is 8.04. The number of nitrogens with zero attached hydrogens (tertiary/aromatic N) is 6. The lowest BCUT2D eigenvalue weighted by Crippen LogP contribution is -1.90. The number of aromatic nitrogens is 6. The first-order chi connectivity index (χ1) is 10.5. The molecule has 0 saturated carbocycles. The zero-order valence-corrected chi connectivity index (χ0v) is 15.1. The van der Waals surface area contributed by atoms with Crippen molar-refractivity contribution in [3.05, 3.63) is 45.3 Å². The zero-order chi connectivity index (χ0) is 15.7. The van der Waals surface area contributed by atoms with E-state index in [-0.39, 0.29) is 0 Å². The van der Waals surface area contributed by atoms with Gasteiger partial charge in [0.05, 0.1) is 0 Å². The highest BCUT2D eigenvalue weighted by molar-refractivity contribution is 9.11. The molecule has 0 spiro atoms. The maximum absolute atomic E-state index is 4.20. The van der Waals surface area contributed by atoms with Crippen LogP contribution < -0.4 is 0 Å². The molecule has 0 saturated heterocycles. The highest BCUT2D eigenvalue weighted by atomic mass is 79.9. The van der Waals surface area contributed by atoms with Crippen LogP contribution in [0.5, 0.6) is 0 Å². The van der Waals surface area contributed by atoms with E-state index in [2.05, 4.69) is 52.3 Å². The second-order valence-corrected chi connectivity index (χ2v) is 6.30. The molecule has 0 amide bonds. The van der Waals surface area contributed by atoms with Crippen LogP contribution in [0.2, 0.25) is 0 Å². The predicted molar refractivity (Wildman–Crippen MR) is 92.4 cm³/mol. The molecule has 0 aliphatic heterocycles. The molecule has 0 N–H and O–H groups in total. The molecule has 6 nitrogen and oxygen atoms in total. The first kappa shape index (κ1) is 15.1. The van der Waals surface area contributed by atoms with Crippen molar-refractivity contribution in [3.63, 3.8) is 0 Å². The zero-order valence-electron chi connectivity index (χ0n) is 11.9. The summed E-state index contributed by atoms with van der Waals surface area (Å²) in [6.07, 6.45) is 0. The molecule has 0 aliphatic rings. The fourth-order valence-corrected chi connectivity index (χ4v) is 2.80. The van der Waals surface area contributed by atoms with Crippen molar-refractivity contribution in [2.45, 2.75) is 0 Å². The van der Waals surface area contributed by atoms with Crippen LogP contribution in [0.25, 0.3) is 22.1 Å². The molecular formula is C14H12Br2N6. The van der Waals surface area contributed by atoms with E-state index < -0.39 is 0 Å². The van der Waals surface area contributed by atoms with Crippen LogP contribution in [0.4, 0.5) is 0 Å². The lowest BCUT2D eigenvalue weighted by Gasteiger charge is -1.91. The van der Waals surface area contributed by atoms with Gasteiger partial charge in [-0.2, -0.15) is 30.0 Å². The Morgan fingerprint density at radius 3 is 1.55 bits per heavy atom. The quantitative estimate of drug-likeness (QED) is 0.434. The van der Waals surface area contributed by atoms with E-state index in [4.69, 9.17) is 0 Å². The van der Waals surface area contributed by atoms with Crippen LogP contribution in [-0.2, 0) is 14.1 Å². The molecular weight excluding hydrogens is 412 g/mol. The summed E-state index contributed by atoms with van der Waals surface area (Å²) >= 11 is 6.82. The van der Waals surface area contributed by atoms with Crippen molar-refractivity contribution < 1.29 is 0 Å². The maximum Gasteiger partial charge on any atom is 0.128 e. The Labute approximate surface area is 143 Å². The topological polar surface area (TPSA) is 61.4 Å². The monoisotopic (exact) mass is 422 g/mol. The second kappa shape index (κ2) is 6.13. The van der Waals surface area contributed by atoms with E-state index in [0.717, 1.165) is 31.0 Å². The minimum Gasteiger partial charge on any atom is -0.187 e. The fraction of sp³-hybridized carbons (Fsp3) is 0.143. The number of hydrogen-bond donors (Lipinski definition) is 0. The van der Waals surface area contributed by atoms with Gasteiger partial charge in [-0.3, -0.25) is 0 Å². The van der Waals surface area contributed by atoms with E-state index in [9.17, 15) is 0 Å². The molecule has 0 bridgehead atoms. The average Bonchev–Trinajstić information content (AvgIpc) is 3.06. The molecule has 112 valence electrons. The number of fused-ring (bicyclic) bond motifs is 2. The van der Waals surface area contributed by atoms with Gasteiger partial charge in [-0.25, -0.2) is 0 Å². The lowest BCUT2D eigenvalue weighted by molar-refractivity contribution is 0.665. The van der Waals surface area contributed by atoms with Crippen molar-refractivity contribution in [1.29, 1.82) is 0 Å². The summed E-state index contributed by atoms with van der Waals surface area (Å²) in [6, 6.07) is 11.7. The number of rotatable bonds is 0. The highest BCUT2D eigenvalue weighted by Gasteiger charge is 2.07. The molecule has 22 heavy (non-hydrogen) atoms. The summed E-state index contributed by atoms with van der Waals surface area (Å²) in [5.41, 5.74) is 3.66. The van der Waals surface area contributed by atoms with Crippen LogP contribution in [0.3, 0.4) is 0 Å². The molecule has 8 heteroatoms. The number of benzene rings is 2. The van der Waals surface area contributed by atoms with Gasteiger partial charge in [0.1, 0.15) is 22.1 Å². The van der Waals surface area contributed by atoms with Crippen molar-refractivity contribution in [2.24, 2.45) is 14.1 Å². The molecule has 0 atom stereocenters. The van der Waals surface area contributed by atoms with Crippen LogP contribution in [0, 0.1) is 0 Å². The van der Waals surface area contributed by atoms with Gasteiger partial charge < -0.3 is 0 Å². The molecule has 2 heterocycles. The van der Waals surface area contributed by atoms with Gasteiger partial charge in [-0.1, -0.05) is 12.1 Å². The van der Waals surface area contributed by atoms with E-state index in [1.54, 1.807) is 16.6 Å². The smallest absolute Gasteiger partial charge is 0.128 e. The third kappa shape index (κ3) is 3.02. The Hall–Kier alpha value is -1.80. The summed E-state index contributed by atoms with van der Waals surface area (Å²) in [6.45, 7) is 0. The van der Waals surface area contributed by atoms with Crippen LogP contribution in [-0.4, -0.2) is 30.0 Å². The third-order valence-electron chi connectivity index (χ3n) is 2.93. The van der Waals surface area contributed by atoms with Crippen molar-refractivity contribution in [2.75, 3.05) is 0 Å². The van der Waals surface area contributed by atoms with E-state index >= 15 is 0 Å². The Kier molecular flexibility index (Phi) is 4.21. The average molecular weight is 424 g/mol. The van der Waals surface area contributed by atoms with Gasteiger partial charge >= 0.3 is 0 Å². The highest BCUT2D eigenvalue weighted by Crippen LogP contribution is 2.26. The van der Waals surface area contributed by atoms with Gasteiger partial charge in [0.25, 0.3) is 0 Å². The number of halogens is 2. The number of hydrogen-bond acceptors (Lipinski definition) is 4. The third-order valence-corrected chi connectivity index (χ3v) is 4.21. The Morgan fingerprint density at radius 1 is 0.682 bits per heavy atom. The summed E-state index contributed by atoms with van der Waals surface area (Å²) in [5.74, 6) is 0. The van der Waals surface area contributed by atoms with Crippen LogP contribution in [0.15, 0.2) is 45.3 Å². The Balaban J connectivity index is 0.000000133. The standard InChI is InChI=1S/C7H5Br2N3.C7H7N3/c1-12-10-6-4(8)2-3-5(9)7(6)11-12;1-10-8-6-4-2-3-5-7(6)9-10/h2-3H,1H3;2-5H,1H3. The molecule has 4 rings (SSSR count). The molecule has 4 aromatic rings. The molecule has 2 aromatic heterocycles. The van der Waals surface area contributed by atoms with Gasteiger partial charge in [-0.15, -0.1) is 0 Å². The SMILES string of the molecule is Cn1nc2c(Br)ccc(Br)c2n1.Cn1nc2ccccc2n1. The normalized spacial score (nSPS) is 10.7.